The van der Waals surface area contributed by atoms with Crippen LogP contribution >= 0.6 is 11.6 Å². The molecule has 1 heterocycles. The summed E-state index contributed by atoms with van der Waals surface area (Å²) in [7, 11) is 0. The molecule has 1 N–H and O–H groups in total. The molecule has 2 rings (SSSR count). The van der Waals surface area contributed by atoms with Crippen LogP contribution in [0.2, 0.25) is 5.02 Å². The Kier molecular flexibility index (Phi) is 7.59. The molecule has 0 aromatic heterocycles. The molecule has 0 spiro atoms. The third kappa shape index (κ3) is 7.04. The van der Waals surface area contributed by atoms with Crippen LogP contribution < -0.4 is 10.1 Å². The smallest absolute Gasteiger partial charge is 0.407 e. The van der Waals surface area contributed by atoms with Gasteiger partial charge in [-0.05, 0) is 64.3 Å². The van der Waals surface area contributed by atoms with E-state index in [1.165, 1.54) is 0 Å². The number of amides is 1. The first kappa shape index (κ1) is 20.8. The Labute approximate surface area is 162 Å². The second kappa shape index (κ2) is 9.47. The largest absolute Gasteiger partial charge is 0.493 e. The van der Waals surface area contributed by atoms with Crippen molar-refractivity contribution < 1.29 is 14.3 Å². The third-order valence-corrected chi connectivity index (χ3v) is 4.42. The number of ether oxygens (including phenoxy) is 2. The van der Waals surface area contributed by atoms with Gasteiger partial charge >= 0.3 is 6.09 Å². The lowest BCUT2D eigenvalue weighted by Gasteiger charge is -2.21. The van der Waals surface area contributed by atoms with E-state index in [1.54, 1.807) is 0 Å². The topological polar surface area (TPSA) is 50.8 Å². The van der Waals surface area contributed by atoms with E-state index in [-0.39, 0.29) is 6.09 Å². The van der Waals surface area contributed by atoms with Crippen LogP contribution in [-0.2, 0) is 11.3 Å². The SMILES string of the molecule is CCCOc1ccc(Cl)cc1CN1CC[C@@H](CNC(=O)OC(C)(C)C)C1. The fourth-order valence-electron chi connectivity index (χ4n) is 3.03. The minimum absolute atomic E-state index is 0.346. The van der Waals surface area contributed by atoms with Crippen LogP contribution in [0.1, 0.15) is 46.1 Å². The Morgan fingerprint density at radius 1 is 1.38 bits per heavy atom. The number of nitrogens with zero attached hydrogens (tertiary/aromatic N) is 1. The van der Waals surface area contributed by atoms with Gasteiger partial charge in [0, 0.05) is 30.2 Å². The number of nitrogens with one attached hydrogen (secondary N) is 1. The van der Waals surface area contributed by atoms with E-state index in [0.29, 0.717) is 19.1 Å². The lowest BCUT2D eigenvalue weighted by molar-refractivity contribution is 0.0519. The number of alkyl carbamates (subject to hydrolysis) is 1. The van der Waals surface area contributed by atoms with Crippen molar-refractivity contribution in [1.29, 1.82) is 0 Å². The summed E-state index contributed by atoms with van der Waals surface area (Å²) >= 11 is 6.17. The molecule has 1 amide bonds. The molecule has 0 unspecified atom stereocenters. The van der Waals surface area contributed by atoms with Crippen LogP contribution in [0.15, 0.2) is 18.2 Å². The molecule has 0 aliphatic carbocycles. The first-order chi connectivity index (χ1) is 12.3. The summed E-state index contributed by atoms with van der Waals surface area (Å²) in [4.78, 5) is 14.2. The quantitative estimate of drug-likeness (QED) is 0.755. The first-order valence-electron chi connectivity index (χ1n) is 9.37. The summed E-state index contributed by atoms with van der Waals surface area (Å²) in [6.07, 6.45) is 1.69. The van der Waals surface area contributed by atoms with Gasteiger partial charge in [-0.25, -0.2) is 4.79 Å². The van der Waals surface area contributed by atoms with Gasteiger partial charge in [-0.15, -0.1) is 0 Å². The van der Waals surface area contributed by atoms with Gasteiger partial charge < -0.3 is 14.8 Å². The molecule has 1 aromatic carbocycles. The Bertz CT molecular complexity index is 601. The predicted octanol–water partition coefficient (Wildman–Crippen LogP) is 4.48. The van der Waals surface area contributed by atoms with Gasteiger partial charge in [0.15, 0.2) is 0 Å². The van der Waals surface area contributed by atoms with Gasteiger partial charge in [-0.3, -0.25) is 4.90 Å². The number of likely N-dealkylation sites (tertiary alicyclic amines) is 1. The Hall–Kier alpha value is -1.46. The van der Waals surface area contributed by atoms with Gasteiger partial charge in [0.05, 0.1) is 6.61 Å². The Morgan fingerprint density at radius 2 is 2.15 bits per heavy atom. The van der Waals surface area contributed by atoms with E-state index in [0.717, 1.165) is 48.8 Å². The number of carbonyl (C=O) groups is 1. The summed E-state index contributed by atoms with van der Waals surface area (Å²) in [5.74, 6) is 1.34. The molecule has 1 aliphatic heterocycles. The second-order valence-electron chi connectivity index (χ2n) is 7.87. The Morgan fingerprint density at radius 3 is 2.85 bits per heavy atom. The normalized spacial score (nSPS) is 18.0. The molecular weight excluding hydrogens is 352 g/mol. The zero-order valence-electron chi connectivity index (χ0n) is 16.3. The average Bonchev–Trinajstić information content (AvgIpc) is 2.98. The lowest BCUT2D eigenvalue weighted by Crippen LogP contribution is -2.36. The monoisotopic (exact) mass is 382 g/mol. The van der Waals surface area contributed by atoms with Crippen LogP contribution in [0.25, 0.3) is 0 Å². The summed E-state index contributed by atoms with van der Waals surface area (Å²) in [6.45, 7) is 11.8. The molecule has 1 aliphatic rings. The summed E-state index contributed by atoms with van der Waals surface area (Å²) < 4.78 is 11.1. The maximum atomic E-state index is 11.8. The van der Waals surface area contributed by atoms with Crippen molar-refractivity contribution in [2.24, 2.45) is 5.92 Å². The summed E-state index contributed by atoms with van der Waals surface area (Å²) in [6, 6.07) is 5.80. The third-order valence-electron chi connectivity index (χ3n) is 4.18. The zero-order chi connectivity index (χ0) is 19.2. The number of hydrogen-bond donors (Lipinski definition) is 1. The van der Waals surface area contributed by atoms with Crippen LogP contribution in [-0.4, -0.2) is 42.8 Å². The van der Waals surface area contributed by atoms with Gasteiger partial charge in [0.25, 0.3) is 0 Å². The van der Waals surface area contributed by atoms with Gasteiger partial charge in [-0.1, -0.05) is 18.5 Å². The highest BCUT2D eigenvalue weighted by atomic mass is 35.5. The maximum Gasteiger partial charge on any atom is 0.407 e. The fourth-order valence-corrected chi connectivity index (χ4v) is 3.22. The second-order valence-corrected chi connectivity index (χ2v) is 8.31. The van der Waals surface area contributed by atoms with Crippen molar-refractivity contribution in [3.63, 3.8) is 0 Å². The maximum absolute atomic E-state index is 11.8. The lowest BCUT2D eigenvalue weighted by atomic mass is 10.1. The molecule has 0 radical (unpaired) electrons. The van der Waals surface area contributed by atoms with E-state index >= 15 is 0 Å². The van der Waals surface area contributed by atoms with Crippen LogP contribution in [0.3, 0.4) is 0 Å². The van der Waals surface area contributed by atoms with E-state index < -0.39 is 5.60 Å². The van der Waals surface area contributed by atoms with Gasteiger partial charge in [0.1, 0.15) is 11.4 Å². The molecule has 146 valence electrons. The van der Waals surface area contributed by atoms with E-state index in [1.807, 2.05) is 39.0 Å². The van der Waals surface area contributed by atoms with Crippen LogP contribution in [0, 0.1) is 5.92 Å². The molecule has 6 heteroatoms. The average molecular weight is 383 g/mol. The summed E-state index contributed by atoms with van der Waals surface area (Å²) in [5, 5.41) is 3.61. The highest BCUT2D eigenvalue weighted by Gasteiger charge is 2.25. The standard InChI is InChI=1S/C20H31ClN2O3/c1-5-10-25-18-7-6-17(21)11-16(18)14-23-9-8-15(13-23)12-22-19(24)26-20(2,3)4/h6-7,11,15H,5,8-10,12-14H2,1-4H3,(H,22,24)/t15-/m0/s1. The van der Waals surface area contributed by atoms with Crippen molar-refractivity contribution in [3.05, 3.63) is 28.8 Å². The van der Waals surface area contributed by atoms with E-state index in [4.69, 9.17) is 21.1 Å². The highest BCUT2D eigenvalue weighted by Crippen LogP contribution is 2.27. The predicted molar refractivity (Wildman–Crippen MR) is 105 cm³/mol. The fraction of sp³-hybridized carbons (Fsp3) is 0.650. The van der Waals surface area contributed by atoms with Gasteiger partial charge in [0.2, 0.25) is 0 Å². The molecule has 0 saturated carbocycles. The Balaban J connectivity index is 1.84. The molecule has 0 bridgehead atoms. The molecular formula is C20H31ClN2O3. The van der Waals surface area contributed by atoms with Crippen molar-refractivity contribution in [1.82, 2.24) is 10.2 Å². The first-order valence-corrected chi connectivity index (χ1v) is 9.75. The minimum atomic E-state index is -0.465. The van der Waals surface area contributed by atoms with Crippen LogP contribution in [0.4, 0.5) is 4.79 Å². The number of benzene rings is 1. The van der Waals surface area contributed by atoms with Crippen LogP contribution in [0.5, 0.6) is 5.75 Å². The number of rotatable bonds is 7. The summed E-state index contributed by atoms with van der Waals surface area (Å²) in [5.41, 5.74) is 0.652. The zero-order valence-corrected chi connectivity index (χ0v) is 17.1. The molecule has 26 heavy (non-hydrogen) atoms. The van der Waals surface area contributed by atoms with Gasteiger partial charge in [-0.2, -0.15) is 0 Å². The molecule has 1 fully saturated rings. The highest BCUT2D eigenvalue weighted by molar-refractivity contribution is 6.30. The van der Waals surface area contributed by atoms with Crippen molar-refractivity contribution >= 4 is 17.7 Å². The molecule has 1 aromatic rings. The van der Waals surface area contributed by atoms with Crippen molar-refractivity contribution in [2.45, 2.75) is 52.7 Å². The number of carbonyl (C=O) groups excluding carboxylic acids is 1. The van der Waals surface area contributed by atoms with Crippen molar-refractivity contribution in [2.75, 3.05) is 26.2 Å². The molecule has 5 nitrogen and oxygen atoms in total. The number of halogens is 1. The number of hydrogen-bond acceptors (Lipinski definition) is 4. The van der Waals surface area contributed by atoms with E-state index in [9.17, 15) is 4.79 Å². The van der Waals surface area contributed by atoms with E-state index in [2.05, 4.69) is 17.1 Å². The molecule has 1 saturated heterocycles. The minimum Gasteiger partial charge on any atom is -0.493 e. The molecule has 1 atom stereocenters. The van der Waals surface area contributed by atoms with Crippen molar-refractivity contribution in [3.8, 4) is 5.75 Å².